The molecule has 0 aromatic heterocycles. The van der Waals surface area contributed by atoms with Crippen molar-refractivity contribution in [1.82, 2.24) is 4.90 Å². The van der Waals surface area contributed by atoms with E-state index in [1.165, 1.54) is 11.8 Å². The number of amides is 2. The van der Waals surface area contributed by atoms with E-state index in [0.717, 1.165) is 28.8 Å². The van der Waals surface area contributed by atoms with Crippen molar-refractivity contribution in [1.29, 1.82) is 0 Å². The van der Waals surface area contributed by atoms with Crippen LogP contribution in [0.25, 0.3) is 6.08 Å². The van der Waals surface area contributed by atoms with Gasteiger partial charge in [-0.25, -0.2) is 0 Å². The Kier molecular flexibility index (Phi) is 7.77. The standard InChI is InChI=1S/C27H24N2O3S2/c1-2-21-10-6-7-11-23(21)28-25(30)18-32-22-14-12-19(13-15-22)16-24-26(31)29(27(33)34-24)17-20-8-4-3-5-9-20/h3-16H,2,17-18H2,1H3,(H,28,30)/b24-16-. The van der Waals surface area contributed by atoms with Crippen molar-refractivity contribution >= 4 is 51.9 Å². The van der Waals surface area contributed by atoms with Crippen molar-refractivity contribution < 1.29 is 14.3 Å². The van der Waals surface area contributed by atoms with Crippen LogP contribution < -0.4 is 10.1 Å². The maximum Gasteiger partial charge on any atom is 0.266 e. The average Bonchev–Trinajstić information content (AvgIpc) is 3.12. The number of aryl methyl sites for hydroxylation is 1. The first kappa shape index (κ1) is 23.7. The lowest BCUT2D eigenvalue weighted by molar-refractivity contribution is -0.122. The molecule has 3 aromatic carbocycles. The number of anilines is 1. The zero-order chi connectivity index (χ0) is 23.9. The number of benzene rings is 3. The molecule has 0 atom stereocenters. The van der Waals surface area contributed by atoms with E-state index in [-0.39, 0.29) is 18.4 Å². The molecule has 4 rings (SSSR count). The molecule has 1 saturated heterocycles. The van der Waals surface area contributed by atoms with Crippen LogP contribution in [0.2, 0.25) is 0 Å². The molecular formula is C27H24N2O3S2. The largest absolute Gasteiger partial charge is 0.484 e. The molecule has 1 aliphatic heterocycles. The molecule has 0 unspecified atom stereocenters. The lowest BCUT2D eigenvalue weighted by atomic mass is 10.1. The molecule has 172 valence electrons. The summed E-state index contributed by atoms with van der Waals surface area (Å²) in [6, 6.07) is 24.8. The highest BCUT2D eigenvalue weighted by Gasteiger charge is 2.31. The fourth-order valence-corrected chi connectivity index (χ4v) is 4.75. The van der Waals surface area contributed by atoms with E-state index in [2.05, 4.69) is 5.32 Å². The second kappa shape index (κ2) is 11.1. The minimum absolute atomic E-state index is 0.0878. The van der Waals surface area contributed by atoms with Gasteiger partial charge in [-0.2, -0.15) is 0 Å². The minimum atomic E-state index is -0.216. The topological polar surface area (TPSA) is 58.6 Å². The summed E-state index contributed by atoms with van der Waals surface area (Å²) < 4.78 is 6.18. The van der Waals surface area contributed by atoms with Gasteiger partial charge >= 0.3 is 0 Å². The molecule has 0 bridgehead atoms. The first-order valence-electron chi connectivity index (χ1n) is 10.9. The van der Waals surface area contributed by atoms with Crippen LogP contribution in [0.5, 0.6) is 5.75 Å². The summed E-state index contributed by atoms with van der Waals surface area (Å²) in [5, 5.41) is 2.89. The number of hydrogen-bond acceptors (Lipinski definition) is 5. The van der Waals surface area contributed by atoms with Crippen molar-refractivity contribution in [3.8, 4) is 5.75 Å². The maximum atomic E-state index is 12.8. The first-order chi connectivity index (χ1) is 16.5. The van der Waals surface area contributed by atoms with Gasteiger partial charge in [-0.05, 0) is 47.4 Å². The first-order valence-corrected chi connectivity index (χ1v) is 12.2. The summed E-state index contributed by atoms with van der Waals surface area (Å²) in [7, 11) is 0. The van der Waals surface area contributed by atoms with Crippen molar-refractivity contribution in [2.75, 3.05) is 11.9 Å². The van der Waals surface area contributed by atoms with E-state index < -0.39 is 0 Å². The normalized spacial score (nSPS) is 14.5. The number of thiocarbonyl (C=S) groups is 1. The van der Waals surface area contributed by atoms with Gasteiger partial charge in [0, 0.05) is 5.69 Å². The molecule has 2 amide bonds. The maximum absolute atomic E-state index is 12.8. The summed E-state index contributed by atoms with van der Waals surface area (Å²) >= 11 is 6.72. The second-order valence-corrected chi connectivity index (χ2v) is 9.35. The van der Waals surface area contributed by atoms with Gasteiger partial charge < -0.3 is 10.1 Å². The van der Waals surface area contributed by atoms with Crippen LogP contribution in [-0.4, -0.2) is 27.6 Å². The Labute approximate surface area is 208 Å². The second-order valence-electron chi connectivity index (χ2n) is 7.67. The number of nitrogens with zero attached hydrogens (tertiary/aromatic N) is 1. The van der Waals surface area contributed by atoms with Crippen molar-refractivity contribution in [3.63, 3.8) is 0 Å². The Bertz CT molecular complexity index is 1220. The highest BCUT2D eigenvalue weighted by molar-refractivity contribution is 8.26. The fourth-order valence-electron chi connectivity index (χ4n) is 3.50. The van der Waals surface area contributed by atoms with E-state index in [1.54, 1.807) is 17.0 Å². The number of para-hydroxylation sites is 1. The van der Waals surface area contributed by atoms with Gasteiger partial charge in [0.1, 0.15) is 10.1 Å². The highest BCUT2D eigenvalue weighted by atomic mass is 32.2. The summed E-state index contributed by atoms with van der Waals surface area (Å²) in [4.78, 5) is 27.3. The summed E-state index contributed by atoms with van der Waals surface area (Å²) in [5.74, 6) is 0.267. The molecule has 0 radical (unpaired) electrons. The Morgan fingerprint density at radius 3 is 2.47 bits per heavy atom. The SMILES string of the molecule is CCc1ccccc1NC(=O)COc1ccc(/C=C2\SC(=S)N(Cc3ccccc3)C2=O)cc1. The van der Waals surface area contributed by atoms with E-state index in [9.17, 15) is 9.59 Å². The number of thioether (sulfide) groups is 1. The van der Waals surface area contributed by atoms with Crippen molar-refractivity contribution in [3.05, 3.63) is 100 Å². The third-order valence-electron chi connectivity index (χ3n) is 5.28. The molecule has 1 aliphatic rings. The zero-order valence-corrected chi connectivity index (χ0v) is 20.3. The smallest absolute Gasteiger partial charge is 0.266 e. The van der Waals surface area contributed by atoms with Crippen LogP contribution in [0, 0.1) is 0 Å². The molecule has 34 heavy (non-hydrogen) atoms. The predicted molar refractivity (Wildman–Crippen MR) is 142 cm³/mol. The average molecular weight is 489 g/mol. The third kappa shape index (κ3) is 5.92. The molecule has 0 saturated carbocycles. The van der Waals surface area contributed by atoms with Gasteiger partial charge in [0.2, 0.25) is 0 Å². The van der Waals surface area contributed by atoms with E-state index in [4.69, 9.17) is 17.0 Å². The Morgan fingerprint density at radius 1 is 1.03 bits per heavy atom. The monoisotopic (exact) mass is 488 g/mol. The summed E-state index contributed by atoms with van der Waals surface area (Å²) in [6.45, 7) is 2.42. The van der Waals surface area contributed by atoms with E-state index in [0.29, 0.717) is 21.5 Å². The molecule has 1 N–H and O–H groups in total. The van der Waals surface area contributed by atoms with Crippen LogP contribution in [0.1, 0.15) is 23.6 Å². The number of carbonyl (C=O) groups excluding carboxylic acids is 2. The predicted octanol–water partition coefficient (Wildman–Crippen LogP) is 5.67. The van der Waals surface area contributed by atoms with Crippen molar-refractivity contribution in [2.24, 2.45) is 0 Å². The Balaban J connectivity index is 1.34. The fraction of sp³-hybridized carbons (Fsp3) is 0.148. The molecule has 3 aromatic rings. The summed E-state index contributed by atoms with van der Waals surface area (Å²) in [6.07, 6.45) is 2.66. The molecule has 0 spiro atoms. The van der Waals surface area contributed by atoms with Crippen LogP contribution >= 0.6 is 24.0 Å². The molecule has 0 aliphatic carbocycles. The molecule has 5 nitrogen and oxygen atoms in total. The van der Waals surface area contributed by atoms with E-state index in [1.807, 2.05) is 79.7 Å². The van der Waals surface area contributed by atoms with Crippen LogP contribution in [-0.2, 0) is 22.6 Å². The zero-order valence-electron chi connectivity index (χ0n) is 18.7. The lowest BCUT2D eigenvalue weighted by Crippen LogP contribution is -2.27. The lowest BCUT2D eigenvalue weighted by Gasteiger charge is -2.14. The Morgan fingerprint density at radius 2 is 1.74 bits per heavy atom. The number of hydrogen-bond donors (Lipinski definition) is 1. The molecule has 7 heteroatoms. The van der Waals surface area contributed by atoms with Crippen molar-refractivity contribution in [2.45, 2.75) is 19.9 Å². The van der Waals surface area contributed by atoms with Gasteiger partial charge in [0.15, 0.2) is 6.61 Å². The van der Waals surface area contributed by atoms with Gasteiger partial charge in [-0.3, -0.25) is 14.5 Å². The number of rotatable bonds is 8. The number of ether oxygens (including phenoxy) is 1. The van der Waals surface area contributed by atoms with Crippen LogP contribution in [0.15, 0.2) is 83.8 Å². The summed E-state index contributed by atoms with van der Waals surface area (Å²) in [5.41, 5.74) is 3.77. The van der Waals surface area contributed by atoms with Crippen LogP contribution in [0.4, 0.5) is 5.69 Å². The van der Waals surface area contributed by atoms with Gasteiger partial charge in [-0.1, -0.05) is 91.6 Å². The number of carbonyl (C=O) groups is 2. The number of nitrogens with one attached hydrogen (secondary N) is 1. The minimum Gasteiger partial charge on any atom is -0.484 e. The molecule has 1 fully saturated rings. The quantitative estimate of drug-likeness (QED) is 0.327. The molecular weight excluding hydrogens is 464 g/mol. The van der Waals surface area contributed by atoms with E-state index >= 15 is 0 Å². The molecule has 1 heterocycles. The van der Waals surface area contributed by atoms with Gasteiger partial charge in [0.05, 0.1) is 11.4 Å². The van der Waals surface area contributed by atoms with Crippen LogP contribution in [0.3, 0.4) is 0 Å². The van der Waals surface area contributed by atoms with Gasteiger partial charge in [0.25, 0.3) is 11.8 Å². The Hall–Kier alpha value is -3.42. The third-order valence-corrected chi connectivity index (χ3v) is 6.66. The highest BCUT2D eigenvalue weighted by Crippen LogP contribution is 2.33. The van der Waals surface area contributed by atoms with Gasteiger partial charge in [-0.15, -0.1) is 0 Å².